The SMILES string of the molecule is CCC(CC)n1nccc1NC(=O)CCn1ccnc1C. The van der Waals surface area contributed by atoms with Crippen LogP contribution in [0, 0.1) is 6.92 Å². The number of amides is 1. The van der Waals surface area contributed by atoms with Gasteiger partial charge < -0.3 is 9.88 Å². The zero-order valence-electron chi connectivity index (χ0n) is 12.9. The van der Waals surface area contributed by atoms with Gasteiger partial charge in [0.2, 0.25) is 5.91 Å². The zero-order chi connectivity index (χ0) is 15.2. The first-order valence-electron chi connectivity index (χ1n) is 7.46. The standard InChI is InChI=1S/C15H23N5O/c1-4-13(5-2)20-14(6-8-17-20)18-15(21)7-10-19-11-9-16-12(19)3/h6,8-9,11,13H,4-5,7,10H2,1-3H3,(H,18,21). The largest absolute Gasteiger partial charge is 0.335 e. The van der Waals surface area contributed by atoms with E-state index in [0.717, 1.165) is 24.5 Å². The first kappa shape index (κ1) is 15.3. The molecule has 6 nitrogen and oxygen atoms in total. The molecule has 6 heteroatoms. The van der Waals surface area contributed by atoms with E-state index < -0.39 is 0 Å². The second kappa shape index (κ2) is 7.06. The van der Waals surface area contributed by atoms with Crippen LogP contribution in [0.3, 0.4) is 0 Å². The molecule has 0 fully saturated rings. The molecule has 0 atom stereocenters. The summed E-state index contributed by atoms with van der Waals surface area (Å²) in [7, 11) is 0. The fourth-order valence-electron chi connectivity index (χ4n) is 2.41. The molecule has 0 aliphatic rings. The summed E-state index contributed by atoms with van der Waals surface area (Å²) in [5.41, 5.74) is 0. The molecule has 2 aromatic heterocycles. The summed E-state index contributed by atoms with van der Waals surface area (Å²) in [6.45, 7) is 6.82. The average Bonchev–Trinajstić information content (AvgIpc) is 3.08. The summed E-state index contributed by atoms with van der Waals surface area (Å²) in [5, 5.41) is 7.27. The van der Waals surface area contributed by atoms with Crippen molar-refractivity contribution in [3.63, 3.8) is 0 Å². The molecule has 0 saturated heterocycles. The summed E-state index contributed by atoms with van der Waals surface area (Å²) in [6.07, 6.45) is 7.77. The first-order valence-corrected chi connectivity index (χ1v) is 7.46. The number of rotatable bonds is 7. The molecule has 0 aromatic carbocycles. The van der Waals surface area contributed by atoms with Crippen molar-refractivity contribution in [1.82, 2.24) is 19.3 Å². The van der Waals surface area contributed by atoms with Crippen LogP contribution in [-0.2, 0) is 11.3 Å². The van der Waals surface area contributed by atoms with Gasteiger partial charge in [0.15, 0.2) is 0 Å². The van der Waals surface area contributed by atoms with Gasteiger partial charge in [-0.2, -0.15) is 5.10 Å². The van der Waals surface area contributed by atoms with Crippen molar-refractivity contribution < 1.29 is 4.79 Å². The molecule has 0 saturated carbocycles. The topological polar surface area (TPSA) is 64.7 Å². The molecule has 1 amide bonds. The molecular weight excluding hydrogens is 266 g/mol. The van der Waals surface area contributed by atoms with Crippen molar-refractivity contribution >= 4 is 11.7 Å². The molecule has 2 heterocycles. The Bertz CT molecular complexity index is 582. The normalized spacial score (nSPS) is 11.0. The van der Waals surface area contributed by atoms with Crippen LogP contribution in [0.1, 0.15) is 45.0 Å². The minimum atomic E-state index is -0.00388. The van der Waals surface area contributed by atoms with E-state index in [4.69, 9.17) is 0 Å². The van der Waals surface area contributed by atoms with Gasteiger partial charge in [-0.15, -0.1) is 0 Å². The lowest BCUT2D eigenvalue weighted by molar-refractivity contribution is -0.116. The summed E-state index contributed by atoms with van der Waals surface area (Å²) in [4.78, 5) is 16.2. The van der Waals surface area contributed by atoms with Crippen LogP contribution in [0.4, 0.5) is 5.82 Å². The molecule has 1 N–H and O–H groups in total. The van der Waals surface area contributed by atoms with Gasteiger partial charge >= 0.3 is 0 Å². The maximum atomic E-state index is 12.1. The van der Waals surface area contributed by atoms with Gasteiger partial charge in [0.05, 0.1) is 12.2 Å². The number of aromatic nitrogens is 4. The third kappa shape index (κ3) is 3.71. The van der Waals surface area contributed by atoms with Gasteiger partial charge in [-0.1, -0.05) is 13.8 Å². The minimum Gasteiger partial charge on any atom is -0.335 e. The predicted molar refractivity (Wildman–Crippen MR) is 82.1 cm³/mol. The van der Waals surface area contributed by atoms with Gasteiger partial charge in [0.1, 0.15) is 11.6 Å². The molecule has 0 aliphatic heterocycles. The number of imidazole rings is 1. The Morgan fingerprint density at radius 2 is 2.10 bits per heavy atom. The number of hydrogen-bond acceptors (Lipinski definition) is 3. The van der Waals surface area contributed by atoms with Crippen molar-refractivity contribution in [2.45, 2.75) is 52.6 Å². The number of aryl methyl sites for hydroxylation is 2. The molecule has 0 aliphatic carbocycles. The third-order valence-electron chi connectivity index (χ3n) is 3.73. The molecule has 114 valence electrons. The van der Waals surface area contributed by atoms with Crippen LogP contribution >= 0.6 is 0 Å². The van der Waals surface area contributed by atoms with Gasteiger partial charge in [-0.05, 0) is 19.8 Å². The lowest BCUT2D eigenvalue weighted by Gasteiger charge is -2.17. The quantitative estimate of drug-likeness (QED) is 0.852. The van der Waals surface area contributed by atoms with Gasteiger partial charge in [-0.3, -0.25) is 4.79 Å². The summed E-state index contributed by atoms with van der Waals surface area (Å²) in [5.74, 6) is 1.69. The highest BCUT2D eigenvalue weighted by atomic mass is 16.1. The Hall–Kier alpha value is -2.11. The lowest BCUT2D eigenvalue weighted by atomic mass is 10.2. The Morgan fingerprint density at radius 3 is 2.71 bits per heavy atom. The van der Waals surface area contributed by atoms with E-state index in [1.54, 1.807) is 12.4 Å². The van der Waals surface area contributed by atoms with Crippen LogP contribution in [0.25, 0.3) is 0 Å². The Labute approximate surface area is 125 Å². The minimum absolute atomic E-state index is 0.00388. The van der Waals surface area contributed by atoms with E-state index in [2.05, 4.69) is 29.2 Å². The smallest absolute Gasteiger partial charge is 0.227 e. The number of nitrogens with zero attached hydrogens (tertiary/aromatic N) is 4. The number of hydrogen-bond donors (Lipinski definition) is 1. The van der Waals surface area contributed by atoms with E-state index >= 15 is 0 Å². The van der Waals surface area contributed by atoms with Crippen molar-refractivity contribution in [2.75, 3.05) is 5.32 Å². The highest BCUT2D eigenvalue weighted by molar-refractivity contribution is 5.89. The van der Waals surface area contributed by atoms with Gasteiger partial charge in [-0.25, -0.2) is 9.67 Å². The predicted octanol–water partition coefficient (Wildman–Crippen LogP) is 2.78. The van der Waals surface area contributed by atoms with Gasteiger partial charge in [0, 0.05) is 31.4 Å². The van der Waals surface area contributed by atoms with Crippen molar-refractivity contribution in [3.8, 4) is 0 Å². The number of carbonyl (C=O) groups excluding carboxylic acids is 1. The summed E-state index contributed by atoms with van der Waals surface area (Å²) >= 11 is 0. The van der Waals surface area contributed by atoms with Crippen LogP contribution in [-0.4, -0.2) is 25.2 Å². The van der Waals surface area contributed by atoms with E-state index in [9.17, 15) is 4.79 Å². The highest BCUT2D eigenvalue weighted by Gasteiger charge is 2.13. The average molecular weight is 289 g/mol. The second-order valence-corrected chi connectivity index (χ2v) is 5.10. The van der Waals surface area contributed by atoms with Crippen molar-refractivity contribution in [3.05, 3.63) is 30.5 Å². The highest BCUT2D eigenvalue weighted by Crippen LogP contribution is 2.20. The van der Waals surface area contributed by atoms with Crippen LogP contribution < -0.4 is 5.32 Å². The summed E-state index contributed by atoms with van der Waals surface area (Å²) in [6, 6.07) is 2.17. The fourth-order valence-corrected chi connectivity index (χ4v) is 2.41. The first-order chi connectivity index (χ1) is 10.2. The van der Waals surface area contributed by atoms with Crippen LogP contribution in [0.15, 0.2) is 24.7 Å². The van der Waals surface area contributed by atoms with Gasteiger partial charge in [0.25, 0.3) is 0 Å². The number of anilines is 1. The summed E-state index contributed by atoms with van der Waals surface area (Å²) < 4.78 is 3.87. The van der Waals surface area contributed by atoms with E-state index in [1.165, 1.54) is 0 Å². The van der Waals surface area contributed by atoms with Crippen molar-refractivity contribution in [1.29, 1.82) is 0 Å². The number of carbonyl (C=O) groups is 1. The molecule has 21 heavy (non-hydrogen) atoms. The Balaban J connectivity index is 1.94. The fraction of sp³-hybridized carbons (Fsp3) is 0.533. The van der Waals surface area contributed by atoms with Crippen LogP contribution in [0.5, 0.6) is 0 Å². The maximum absolute atomic E-state index is 12.1. The monoisotopic (exact) mass is 289 g/mol. The van der Waals surface area contributed by atoms with E-state index in [-0.39, 0.29) is 5.91 Å². The molecule has 2 aromatic rings. The molecular formula is C15H23N5O. The van der Waals surface area contributed by atoms with E-state index in [1.807, 2.05) is 28.4 Å². The lowest BCUT2D eigenvalue weighted by Crippen LogP contribution is -2.19. The number of nitrogens with one attached hydrogen (secondary N) is 1. The Morgan fingerprint density at radius 1 is 1.33 bits per heavy atom. The molecule has 0 bridgehead atoms. The molecule has 0 radical (unpaired) electrons. The maximum Gasteiger partial charge on any atom is 0.227 e. The second-order valence-electron chi connectivity index (χ2n) is 5.10. The third-order valence-corrected chi connectivity index (χ3v) is 3.73. The molecule has 0 unspecified atom stereocenters. The molecule has 2 rings (SSSR count). The van der Waals surface area contributed by atoms with E-state index in [0.29, 0.717) is 19.0 Å². The van der Waals surface area contributed by atoms with Crippen molar-refractivity contribution in [2.24, 2.45) is 0 Å². The van der Waals surface area contributed by atoms with Crippen LogP contribution in [0.2, 0.25) is 0 Å². The Kier molecular flexibility index (Phi) is 5.14. The molecule has 0 spiro atoms. The zero-order valence-corrected chi connectivity index (χ0v) is 12.9.